The van der Waals surface area contributed by atoms with Crippen LogP contribution in [0.1, 0.15) is 21.5 Å². The first-order valence-corrected chi connectivity index (χ1v) is 11.6. The summed E-state index contributed by atoms with van der Waals surface area (Å²) in [4.78, 5) is 28.9. The number of benzene rings is 2. The highest BCUT2D eigenvalue weighted by Gasteiger charge is 2.16. The predicted molar refractivity (Wildman–Crippen MR) is 122 cm³/mol. The van der Waals surface area contributed by atoms with Crippen molar-refractivity contribution in [1.82, 2.24) is 5.32 Å². The van der Waals surface area contributed by atoms with Crippen LogP contribution in [0.25, 0.3) is 0 Å². The highest BCUT2D eigenvalue weighted by molar-refractivity contribution is 8.38. The van der Waals surface area contributed by atoms with Crippen molar-refractivity contribution in [3.8, 4) is 5.75 Å². The van der Waals surface area contributed by atoms with Crippen LogP contribution < -0.4 is 10.1 Å². The van der Waals surface area contributed by atoms with Crippen LogP contribution in [0.2, 0.25) is 0 Å². The molecular weight excluding hydrogens is 420 g/mol. The smallest absolute Gasteiger partial charge is 0.338 e. The molecule has 158 valence electrons. The number of nitrogens with zero attached hydrogens (tertiary/aromatic N) is 1. The Morgan fingerprint density at radius 2 is 1.97 bits per heavy atom. The predicted octanol–water partition coefficient (Wildman–Crippen LogP) is 3.55. The van der Waals surface area contributed by atoms with Crippen LogP contribution in [0, 0.1) is 0 Å². The van der Waals surface area contributed by atoms with Gasteiger partial charge in [-0.3, -0.25) is 9.79 Å². The highest BCUT2D eigenvalue weighted by Crippen LogP contribution is 2.26. The van der Waals surface area contributed by atoms with Crippen molar-refractivity contribution in [3.63, 3.8) is 0 Å². The van der Waals surface area contributed by atoms with E-state index in [1.54, 1.807) is 42.8 Å². The first-order chi connectivity index (χ1) is 14.7. The van der Waals surface area contributed by atoms with Crippen LogP contribution in [-0.2, 0) is 21.7 Å². The number of hydrogen-bond acceptors (Lipinski definition) is 7. The van der Waals surface area contributed by atoms with E-state index in [0.29, 0.717) is 24.3 Å². The van der Waals surface area contributed by atoms with Crippen molar-refractivity contribution in [2.75, 3.05) is 32.6 Å². The van der Waals surface area contributed by atoms with E-state index in [-0.39, 0.29) is 12.5 Å². The van der Waals surface area contributed by atoms with Gasteiger partial charge in [-0.25, -0.2) is 4.79 Å². The number of esters is 1. The van der Waals surface area contributed by atoms with Crippen molar-refractivity contribution in [3.05, 3.63) is 65.2 Å². The lowest BCUT2D eigenvalue weighted by Crippen LogP contribution is -2.30. The summed E-state index contributed by atoms with van der Waals surface area (Å²) in [5.41, 5.74) is 2.45. The number of methoxy groups -OCH3 is 1. The van der Waals surface area contributed by atoms with Gasteiger partial charge in [-0.1, -0.05) is 53.9 Å². The second-order valence-corrected chi connectivity index (χ2v) is 8.77. The zero-order chi connectivity index (χ0) is 21.2. The first-order valence-electron chi connectivity index (χ1n) is 9.60. The number of ether oxygens (including phenoxy) is 2. The van der Waals surface area contributed by atoms with Crippen molar-refractivity contribution in [1.29, 1.82) is 0 Å². The third-order valence-corrected chi connectivity index (χ3v) is 6.68. The van der Waals surface area contributed by atoms with Crippen LogP contribution in [0.3, 0.4) is 0 Å². The molecule has 0 saturated heterocycles. The fraction of sp³-hybridized carbons (Fsp3) is 0.318. The van der Waals surface area contributed by atoms with Crippen molar-refractivity contribution in [2.24, 2.45) is 4.99 Å². The van der Waals surface area contributed by atoms with Crippen LogP contribution in [0.5, 0.6) is 5.75 Å². The molecular formula is C22H24N2O4S2. The number of hydrogen-bond donors (Lipinski definition) is 1. The topological polar surface area (TPSA) is 77.0 Å². The molecule has 1 amide bonds. The Morgan fingerprint density at radius 1 is 1.17 bits per heavy atom. The summed E-state index contributed by atoms with van der Waals surface area (Å²) in [6.07, 6.45) is 0.686. The summed E-state index contributed by atoms with van der Waals surface area (Å²) >= 11 is 3.36. The van der Waals surface area contributed by atoms with Gasteiger partial charge in [0.25, 0.3) is 5.91 Å². The molecule has 0 spiro atoms. The van der Waals surface area contributed by atoms with Gasteiger partial charge in [0.1, 0.15) is 10.1 Å². The number of nitrogens with one attached hydrogen (secondary N) is 1. The Morgan fingerprint density at radius 3 is 2.70 bits per heavy atom. The van der Waals surface area contributed by atoms with E-state index in [9.17, 15) is 9.59 Å². The molecule has 6 nitrogen and oxygen atoms in total. The number of carbonyl (C=O) groups excluding carboxylic acids is 2. The Hall–Kier alpha value is -2.45. The fourth-order valence-electron chi connectivity index (χ4n) is 2.79. The van der Waals surface area contributed by atoms with E-state index < -0.39 is 5.97 Å². The van der Waals surface area contributed by atoms with Crippen molar-refractivity contribution >= 4 is 39.8 Å². The summed E-state index contributed by atoms with van der Waals surface area (Å²) in [6.45, 7) is 1.02. The van der Waals surface area contributed by atoms with Gasteiger partial charge < -0.3 is 14.8 Å². The normalized spacial score (nSPS) is 12.9. The van der Waals surface area contributed by atoms with Gasteiger partial charge in [-0.15, -0.1) is 0 Å². The van der Waals surface area contributed by atoms with E-state index in [4.69, 9.17) is 9.47 Å². The minimum atomic E-state index is -0.488. The third-order valence-electron chi connectivity index (χ3n) is 4.38. The van der Waals surface area contributed by atoms with Crippen LogP contribution >= 0.6 is 23.5 Å². The maximum atomic E-state index is 12.5. The molecule has 0 fully saturated rings. The first kappa shape index (κ1) is 22.2. The van der Waals surface area contributed by atoms with Crippen molar-refractivity contribution in [2.45, 2.75) is 12.2 Å². The van der Waals surface area contributed by atoms with E-state index in [0.717, 1.165) is 33.5 Å². The quantitative estimate of drug-likeness (QED) is 0.596. The monoisotopic (exact) mass is 444 g/mol. The zero-order valence-electron chi connectivity index (χ0n) is 16.8. The Balaban J connectivity index is 1.42. The molecule has 0 radical (unpaired) electrons. The second-order valence-electron chi connectivity index (χ2n) is 6.47. The van der Waals surface area contributed by atoms with Gasteiger partial charge in [0.2, 0.25) is 0 Å². The lowest BCUT2D eigenvalue weighted by Gasteiger charge is -2.10. The van der Waals surface area contributed by atoms with Gasteiger partial charge in [-0.05, 0) is 35.7 Å². The standard InChI is InChI=1S/C22H24N2O4S2/c1-27-18-8-6-16(7-9-18)10-11-23-20(25)14-28-21(26)19-5-3-2-4-17(19)15-30-22-24-12-13-29-22/h2-9H,10-15H2,1H3,(H,23,25). The number of thioether (sulfide) groups is 2. The molecule has 0 saturated carbocycles. The molecule has 1 aliphatic heterocycles. The average molecular weight is 445 g/mol. The highest BCUT2D eigenvalue weighted by atomic mass is 32.2. The summed E-state index contributed by atoms with van der Waals surface area (Å²) in [5, 5.41) is 2.77. The minimum absolute atomic E-state index is 0.300. The second kappa shape index (κ2) is 11.7. The summed E-state index contributed by atoms with van der Waals surface area (Å²) < 4.78 is 11.4. The molecule has 0 bridgehead atoms. The van der Waals surface area contributed by atoms with E-state index >= 15 is 0 Å². The van der Waals surface area contributed by atoms with E-state index in [1.165, 1.54) is 0 Å². The number of aliphatic imine (C=N–C) groups is 1. The molecule has 1 N–H and O–H groups in total. The molecule has 0 aromatic heterocycles. The molecule has 30 heavy (non-hydrogen) atoms. The van der Waals surface area contributed by atoms with Crippen LogP contribution in [-0.4, -0.2) is 48.8 Å². The molecule has 2 aromatic carbocycles. The summed E-state index contributed by atoms with van der Waals surface area (Å²) in [7, 11) is 1.62. The Bertz CT molecular complexity index is 900. The van der Waals surface area contributed by atoms with Crippen LogP contribution in [0.4, 0.5) is 0 Å². The lowest BCUT2D eigenvalue weighted by molar-refractivity contribution is -0.124. The van der Waals surface area contributed by atoms with Gasteiger partial charge in [0.15, 0.2) is 6.61 Å². The third kappa shape index (κ3) is 6.81. The van der Waals surface area contributed by atoms with E-state index in [2.05, 4.69) is 10.3 Å². The molecule has 1 heterocycles. The fourth-order valence-corrected chi connectivity index (χ4v) is 4.80. The molecule has 1 aliphatic rings. The van der Waals surface area contributed by atoms with Gasteiger partial charge >= 0.3 is 5.97 Å². The Kier molecular flexibility index (Phi) is 8.65. The number of rotatable bonds is 9. The zero-order valence-corrected chi connectivity index (χ0v) is 18.4. The van der Waals surface area contributed by atoms with Gasteiger partial charge in [0.05, 0.1) is 19.2 Å². The number of carbonyl (C=O) groups is 2. The van der Waals surface area contributed by atoms with Crippen LogP contribution in [0.15, 0.2) is 53.5 Å². The van der Waals surface area contributed by atoms with Crippen molar-refractivity contribution < 1.29 is 19.1 Å². The molecule has 3 rings (SSSR count). The maximum absolute atomic E-state index is 12.5. The molecule has 0 unspecified atom stereocenters. The molecule has 0 aliphatic carbocycles. The lowest BCUT2D eigenvalue weighted by atomic mass is 10.1. The maximum Gasteiger partial charge on any atom is 0.338 e. The molecule has 2 aromatic rings. The number of amides is 1. The SMILES string of the molecule is COc1ccc(CCNC(=O)COC(=O)c2ccccc2CSC2=NCCS2)cc1. The largest absolute Gasteiger partial charge is 0.497 e. The minimum Gasteiger partial charge on any atom is -0.497 e. The van der Waals surface area contributed by atoms with Gasteiger partial charge in [0, 0.05) is 18.1 Å². The summed E-state index contributed by atoms with van der Waals surface area (Å²) in [6, 6.07) is 15.0. The van der Waals surface area contributed by atoms with E-state index in [1.807, 2.05) is 36.4 Å². The summed E-state index contributed by atoms with van der Waals surface area (Å²) in [5.74, 6) is 1.64. The molecule has 0 atom stereocenters. The van der Waals surface area contributed by atoms with Gasteiger partial charge in [-0.2, -0.15) is 0 Å². The average Bonchev–Trinajstić information content (AvgIpc) is 3.30. The molecule has 8 heteroatoms. The Labute approximate surface area is 184 Å².